The van der Waals surface area contributed by atoms with E-state index < -0.39 is 10.1 Å². The molecule has 0 amide bonds. The van der Waals surface area contributed by atoms with Crippen molar-refractivity contribution in [2.24, 2.45) is 0 Å². The highest BCUT2D eigenvalue weighted by Crippen LogP contribution is 2.08. The molecule has 25 heavy (non-hydrogen) atoms. The third-order valence-electron chi connectivity index (χ3n) is 3.21. The summed E-state index contributed by atoms with van der Waals surface area (Å²) in [5, 5.41) is 12.6. The van der Waals surface area contributed by atoms with E-state index in [0.29, 0.717) is 12.1 Å². The van der Waals surface area contributed by atoms with Crippen LogP contribution in [0, 0.1) is 18.3 Å². The van der Waals surface area contributed by atoms with E-state index in [4.69, 9.17) is 9.81 Å². The highest BCUT2D eigenvalue weighted by Gasteiger charge is 2.06. The molecule has 0 fully saturated rings. The molecular weight excluding hydrogens is 340 g/mol. The Kier molecular flexibility index (Phi) is 6.00. The summed E-state index contributed by atoms with van der Waals surface area (Å²) in [4.78, 5) is 3.78. The van der Waals surface area contributed by atoms with Crippen molar-refractivity contribution >= 4 is 10.1 Å². The summed E-state index contributed by atoms with van der Waals surface area (Å²) in [5.41, 5.74) is 2.74. The van der Waals surface area contributed by atoms with E-state index in [1.165, 1.54) is 18.5 Å². The summed E-state index contributed by atoms with van der Waals surface area (Å²) < 4.78 is 31.3. The van der Waals surface area contributed by atoms with E-state index >= 15 is 0 Å². The van der Waals surface area contributed by atoms with Gasteiger partial charge in [-0.05, 0) is 36.8 Å². The lowest BCUT2D eigenvalue weighted by atomic mass is 10.1. The molecule has 0 radical (unpaired) electrons. The lowest BCUT2D eigenvalue weighted by molar-refractivity contribution is 0.483. The summed E-state index contributed by atoms with van der Waals surface area (Å²) in [6, 6.07) is 15.5. The zero-order valence-corrected chi connectivity index (χ0v) is 14.3. The Morgan fingerprint density at radius 2 is 1.76 bits per heavy atom. The normalized spacial score (nSPS) is 10.4. The van der Waals surface area contributed by atoms with Gasteiger partial charge in [-0.15, -0.1) is 0 Å². The summed E-state index contributed by atoms with van der Waals surface area (Å²) >= 11 is 0. The Bertz CT molecular complexity index is 943. The molecule has 3 rings (SSSR count). The molecule has 0 saturated heterocycles. The lowest BCUT2D eigenvalue weighted by Crippen LogP contribution is -1.99. The largest absolute Gasteiger partial charge is 0.294 e. The van der Waals surface area contributed by atoms with Gasteiger partial charge in [-0.1, -0.05) is 29.8 Å². The highest BCUT2D eigenvalue weighted by molar-refractivity contribution is 7.85. The molecule has 1 N–H and O–H groups in total. The zero-order chi connectivity index (χ0) is 18.3. The maximum atomic E-state index is 10.5. The van der Waals surface area contributed by atoms with Crippen LogP contribution in [0.15, 0.2) is 66.1 Å². The van der Waals surface area contributed by atoms with Crippen molar-refractivity contribution < 1.29 is 13.0 Å². The molecule has 2 aromatic carbocycles. The second-order valence-electron chi connectivity index (χ2n) is 5.19. The Hall–Kier alpha value is -3.02. The highest BCUT2D eigenvalue weighted by atomic mass is 32.2. The number of aromatic nitrogens is 3. The van der Waals surface area contributed by atoms with Crippen LogP contribution in [0.4, 0.5) is 0 Å². The van der Waals surface area contributed by atoms with E-state index in [2.05, 4.69) is 16.2 Å². The molecule has 0 aliphatic rings. The molecule has 0 saturated carbocycles. The first-order chi connectivity index (χ1) is 11.9. The second kappa shape index (κ2) is 8.19. The number of benzene rings is 2. The van der Waals surface area contributed by atoms with Crippen LogP contribution in [-0.4, -0.2) is 27.7 Å². The number of hydrogen-bond donors (Lipinski definition) is 1. The monoisotopic (exact) mass is 356 g/mol. The van der Waals surface area contributed by atoms with Crippen LogP contribution in [-0.2, 0) is 16.7 Å². The van der Waals surface area contributed by atoms with Crippen molar-refractivity contribution in [3.8, 4) is 6.07 Å². The Morgan fingerprint density at radius 3 is 2.24 bits per heavy atom. The molecule has 8 heteroatoms. The van der Waals surface area contributed by atoms with E-state index in [1.54, 1.807) is 35.3 Å². The molecule has 7 nitrogen and oxygen atoms in total. The summed E-state index contributed by atoms with van der Waals surface area (Å²) in [7, 11) is -4.02. The van der Waals surface area contributed by atoms with Crippen LogP contribution in [0.2, 0.25) is 0 Å². The fourth-order valence-electron chi connectivity index (χ4n) is 1.90. The van der Waals surface area contributed by atoms with E-state index in [0.717, 1.165) is 11.1 Å². The summed E-state index contributed by atoms with van der Waals surface area (Å²) in [6.45, 7) is 2.53. The molecule has 1 aromatic heterocycles. The quantitative estimate of drug-likeness (QED) is 0.722. The van der Waals surface area contributed by atoms with Gasteiger partial charge >= 0.3 is 0 Å². The molecular formula is C17H16N4O3S. The van der Waals surface area contributed by atoms with Crippen molar-refractivity contribution in [2.75, 3.05) is 0 Å². The fourth-order valence-corrected chi connectivity index (χ4v) is 2.38. The third-order valence-corrected chi connectivity index (χ3v) is 4.08. The van der Waals surface area contributed by atoms with E-state index in [9.17, 15) is 8.42 Å². The van der Waals surface area contributed by atoms with Crippen LogP contribution in [0.3, 0.4) is 0 Å². The third kappa shape index (κ3) is 5.84. The second-order valence-corrected chi connectivity index (χ2v) is 6.61. The standard InChI is InChI=1S/C10H8N4.C7H8O3S/c11-5-9-1-3-10(4-2-9)6-14-8-12-7-13-14;1-6-2-4-7(5-3-6)11(8,9)10/h1-4,7-8H,6H2;2-5H,1H3,(H,8,9,10). The number of nitrogens with zero attached hydrogens (tertiary/aromatic N) is 4. The number of aryl methyl sites for hydroxylation is 1. The molecule has 128 valence electrons. The van der Waals surface area contributed by atoms with Gasteiger partial charge in [-0.2, -0.15) is 18.8 Å². The molecule has 3 aromatic rings. The van der Waals surface area contributed by atoms with Crippen molar-refractivity contribution in [1.29, 1.82) is 5.26 Å². The van der Waals surface area contributed by atoms with Crippen molar-refractivity contribution in [1.82, 2.24) is 14.8 Å². The molecule has 0 bridgehead atoms. The molecule has 0 unspecified atom stereocenters. The minimum Gasteiger partial charge on any atom is -0.282 e. The van der Waals surface area contributed by atoms with Crippen LogP contribution in [0.1, 0.15) is 16.7 Å². The Balaban J connectivity index is 0.000000186. The predicted octanol–water partition coefficient (Wildman–Crippen LogP) is 2.44. The minimum atomic E-state index is -4.02. The number of nitriles is 1. The topological polar surface area (TPSA) is 109 Å². The van der Waals surface area contributed by atoms with Crippen LogP contribution >= 0.6 is 0 Å². The average Bonchev–Trinajstić information content (AvgIpc) is 3.09. The van der Waals surface area contributed by atoms with Crippen molar-refractivity contribution in [2.45, 2.75) is 18.4 Å². The van der Waals surface area contributed by atoms with Gasteiger partial charge in [0.25, 0.3) is 10.1 Å². The van der Waals surface area contributed by atoms with E-state index in [-0.39, 0.29) is 4.90 Å². The maximum Gasteiger partial charge on any atom is 0.294 e. The summed E-state index contributed by atoms with van der Waals surface area (Å²) in [6.07, 6.45) is 3.17. The lowest BCUT2D eigenvalue weighted by Gasteiger charge is -2.00. The van der Waals surface area contributed by atoms with Gasteiger partial charge in [0.15, 0.2) is 0 Å². The Morgan fingerprint density at radius 1 is 1.12 bits per heavy atom. The molecule has 0 atom stereocenters. The first kappa shape index (κ1) is 18.3. The van der Waals surface area contributed by atoms with Crippen LogP contribution in [0.5, 0.6) is 0 Å². The predicted molar refractivity (Wildman–Crippen MR) is 91.3 cm³/mol. The van der Waals surface area contributed by atoms with Gasteiger partial charge in [0, 0.05) is 0 Å². The number of hydrogen-bond acceptors (Lipinski definition) is 5. The number of rotatable bonds is 3. The fraction of sp³-hybridized carbons (Fsp3) is 0.118. The first-order valence-corrected chi connectivity index (χ1v) is 8.68. The molecule has 0 aliphatic carbocycles. The van der Waals surface area contributed by atoms with Gasteiger partial charge in [0.05, 0.1) is 23.1 Å². The zero-order valence-electron chi connectivity index (χ0n) is 13.4. The average molecular weight is 356 g/mol. The van der Waals surface area contributed by atoms with Gasteiger partial charge < -0.3 is 0 Å². The van der Waals surface area contributed by atoms with Crippen molar-refractivity contribution in [3.05, 3.63) is 77.9 Å². The Labute approximate surface area is 145 Å². The minimum absolute atomic E-state index is 0.0666. The first-order valence-electron chi connectivity index (χ1n) is 7.24. The smallest absolute Gasteiger partial charge is 0.282 e. The SMILES string of the molecule is Cc1ccc(S(=O)(=O)O)cc1.N#Cc1ccc(Cn2cncn2)cc1. The molecule has 0 aliphatic heterocycles. The summed E-state index contributed by atoms with van der Waals surface area (Å²) in [5.74, 6) is 0. The van der Waals surface area contributed by atoms with Gasteiger partial charge in [-0.25, -0.2) is 9.67 Å². The molecule has 1 heterocycles. The van der Waals surface area contributed by atoms with Gasteiger partial charge in [0.1, 0.15) is 12.7 Å². The molecule has 0 spiro atoms. The van der Waals surface area contributed by atoms with E-state index in [1.807, 2.05) is 19.1 Å². The van der Waals surface area contributed by atoms with Crippen LogP contribution < -0.4 is 0 Å². The maximum absolute atomic E-state index is 10.5. The van der Waals surface area contributed by atoms with Crippen molar-refractivity contribution in [3.63, 3.8) is 0 Å². The van der Waals surface area contributed by atoms with Crippen LogP contribution in [0.25, 0.3) is 0 Å². The van der Waals surface area contributed by atoms with Gasteiger partial charge in [0.2, 0.25) is 0 Å². The van der Waals surface area contributed by atoms with Gasteiger partial charge in [-0.3, -0.25) is 4.55 Å².